The first-order valence-electron chi connectivity index (χ1n) is 13.3. The van der Waals surface area contributed by atoms with Crippen molar-refractivity contribution in [1.29, 1.82) is 0 Å². The second-order valence-electron chi connectivity index (χ2n) is 10.7. The Hall–Kier alpha value is -2.11. The van der Waals surface area contributed by atoms with Gasteiger partial charge in [0.25, 0.3) is 11.5 Å². The predicted molar refractivity (Wildman–Crippen MR) is 129 cm³/mol. The lowest BCUT2D eigenvalue weighted by atomic mass is 9.74. The lowest BCUT2D eigenvalue weighted by Gasteiger charge is -2.33. The lowest BCUT2D eigenvalue weighted by Crippen LogP contribution is -2.45. The van der Waals surface area contributed by atoms with E-state index in [-0.39, 0.29) is 17.7 Å². The molecule has 0 bridgehead atoms. The van der Waals surface area contributed by atoms with Crippen LogP contribution in [0.4, 0.5) is 0 Å². The minimum atomic E-state index is -0.904. The fourth-order valence-electron chi connectivity index (χ4n) is 6.26. The Kier molecular flexibility index (Phi) is 7.92. The summed E-state index contributed by atoms with van der Waals surface area (Å²) in [5.74, 6) is -0.745. The third kappa shape index (κ3) is 5.52. The number of carboxylic acids is 1. The van der Waals surface area contributed by atoms with E-state index in [0.717, 1.165) is 69.0 Å². The summed E-state index contributed by atoms with van der Waals surface area (Å²) >= 11 is 0. The molecule has 6 nitrogen and oxygen atoms in total. The highest BCUT2D eigenvalue weighted by molar-refractivity contribution is 5.94. The van der Waals surface area contributed by atoms with Gasteiger partial charge >= 0.3 is 5.97 Å². The summed E-state index contributed by atoms with van der Waals surface area (Å²) in [6.07, 6.45) is 16.3. The minimum Gasteiger partial charge on any atom is -0.481 e. The summed E-state index contributed by atoms with van der Waals surface area (Å²) in [5, 5.41) is 12.7. The topological polar surface area (TPSA) is 88.4 Å². The monoisotopic (exact) mass is 456 g/mol. The molecule has 0 aromatic carbocycles. The summed E-state index contributed by atoms with van der Waals surface area (Å²) in [7, 11) is 0. The van der Waals surface area contributed by atoms with Gasteiger partial charge in [-0.05, 0) is 68.9 Å². The van der Waals surface area contributed by atoms with Crippen molar-refractivity contribution in [3.63, 3.8) is 0 Å². The Labute approximate surface area is 197 Å². The molecule has 2 N–H and O–H groups in total. The van der Waals surface area contributed by atoms with E-state index in [9.17, 15) is 19.5 Å². The third-order valence-corrected chi connectivity index (χ3v) is 8.36. The number of carbonyl (C=O) groups excluding carboxylic acids is 1. The van der Waals surface area contributed by atoms with Gasteiger partial charge in [-0.15, -0.1) is 0 Å². The first-order chi connectivity index (χ1) is 16.0. The quantitative estimate of drug-likeness (QED) is 0.640. The number of aryl methyl sites for hydroxylation is 1. The molecule has 33 heavy (non-hydrogen) atoms. The van der Waals surface area contributed by atoms with Gasteiger partial charge in [0.15, 0.2) is 0 Å². The number of nitrogens with one attached hydrogen (secondary N) is 1. The Morgan fingerprint density at radius 1 is 0.939 bits per heavy atom. The van der Waals surface area contributed by atoms with Crippen molar-refractivity contribution in [3.8, 4) is 0 Å². The normalized spacial score (nSPS) is 21.5. The molecule has 3 aliphatic carbocycles. The van der Waals surface area contributed by atoms with Gasteiger partial charge in [-0.3, -0.25) is 14.4 Å². The summed E-state index contributed by atoms with van der Waals surface area (Å²) < 4.78 is 1.93. The van der Waals surface area contributed by atoms with E-state index in [1.807, 2.05) is 10.6 Å². The van der Waals surface area contributed by atoms with Gasteiger partial charge < -0.3 is 15.0 Å². The number of aliphatic carboxylic acids is 1. The van der Waals surface area contributed by atoms with E-state index in [2.05, 4.69) is 5.32 Å². The van der Waals surface area contributed by atoms with Crippen LogP contribution >= 0.6 is 0 Å². The highest BCUT2D eigenvalue weighted by Crippen LogP contribution is 2.36. The molecule has 4 rings (SSSR count). The summed E-state index contributed by atoms with van der Waals surface area (Å²) in [4.78, 5) is 38.9. The Morgan fingerprint density at radius 2 is 1.58 bits per heavy atom. The lowest BCUT2D eigenvalue weighted by molar-refractivity contribution is -0.150. The summed E-state index contributed by atoms with van der Waals surface area (Å²) in [6.45, 7) is 0.807. The van der Waals surface area contributed by atoms with Crippen LogP contribution in [-0.4, -0.2) is 28.1 Å². The van der Waals surface area contributed by atoms with Gasteiger partial charge in [-0.2, -0.15) is 0 Å². The van der Waals surface area contributed by atoms with Crippen molar-refractivity contribution in [3.05, 3.63) is 33.2 Å². The molecule has 1 aromatic heterocycles. The average molecular weight is 457 g/mol. The standard InChI is InChI=1S/C27H40N2O4/c30-24(28-19-27(26(32)33)15-9-4-10-16-27)22-17-21-13-7-1-2-8-14-23(21)29(25(22)31)18-20-11-5-3-6-12-20/h17,20H,1-16,18-19H2,(H,28,30)(H,32,33). The van der Waals surface area contributed by atoms with Gasteiger partial charge in [0.2, 0.25) is 0 Å². The Bertz CT molecular complexity index is 907. The molecule has 2 fully saturated rings. The zero-order valence-electron chi connectivity index (χ0n) is 20.0. The number of hydrogen-bond donors (Lipinski definition) is 2. The van der Waals surface area contributed by atoms with Gasteiger partial charge in [-0.25, -0.2) is 0 Å². The summed E-state index contributed by atoms with van der Waals surface area (Å²) in [5.41, 5.74) is 1.38. The van der Waals surface area contributed by atoms with Crippen molar-refractivity contribution in [2.24, 2.45) is 11.3 Å². The van der Waals surface area contributed by atoms with E-state index in [4.69, 9.17) is 0 Å². The van der Waals surface area contributed by atoms with Crippen molar-refractivity contribution in [2.45, 2.75) is 109 Å². The van der Waals surface area contributed by atoms with Crippen LogP contribution in [0.5, 0.6) is 0 Å². The van der Waals surface area contributed by atoms with E-state index in [1.165, 1.54) is 32.1 Å². The highest BCUT2D eigenvalue weighted by Gasteiger charge is 2.40. The molecule has 0 unspecified atom stereocenters. The van der Waals surface area contributed by atoms with E-state index >= 15 is 0 Å². The number of hydrogen-bond acceptors (Lipinski definition) is 3. The van der Waals surface area contributed by atoms with Gasteiger partial charge in [0.1, 0.15) is 5.56 Å². The second-order valence-corrected chi connectivity index (χ2v) is 10.7. The molecule has 0 radical (unpaired) electrons. The molecule has 3 aliphatic rings. The van der Waals surface area contributed by atoms with Crippen LogP contribution in [-0.2, 0) is 24.2 Å². The molecule has 1 aromatic rings. The maximum absolute atomic E-state index is 13.6. The maximum Gasteiger partial charge on any atom is 0.311 e. The molecule has 0 atom stereocenters. The zero-order valence-corrected chi connectivity index (χ0v) is 20.0. The molecular formula is C27H40N2O4. The van der Waals surface area contributed by atoms with Crippen LogP contribution in [0.2, 0.25) is 0 Å². The number of carbonyl (C=O) groups is 2. The van der Waals surface area contributed by atoms with Crippen LogP contribution in [0.25, 0.3) is 0 Å². The Balaban J connectivity index is 1.61. The smallest absolute Gasteiger partial charge is 0.311 e. The van der Waals surface area contributed by atoms with Crippen LogP contribution in [0.1, 0.15) is 112 Å². The first-order valence-corrected chi connectivity index (χ1v) is 13.3. The van der Waals surface area contributed by atoms with Crippen molar-refractivity contribution in [2.75, 3.05) is 6.54 Å². The molecule has 6 heteroatoms. The molecule has 182 valence electrons. The maximum atomic E-state index is 13.6. The van der Waals surface area contributed by atoms with E-state index in [0.29, 0.717) is 25.3 Å². The van der Waals surface area contributed by atoms with Gasteiger partial charge in [0.05, 0.1) is 5.41 Å². The van der Waals surface area contributed by atoms with E-state index in [1.54, 1.807) is 0 Å². The van der Waals surface area contributed by atoms with Gasteiger partial charge in [0, 0.05) is 18.8 Å². The molecule has 0 aliphatic heterocycles. The first kappa shape index (κ1) is 24.0. The van der Waals surface area contributed by atoms with Crippen molar-refractivity contribution in [1.82, 2.24) is 9.88 Å². The van der Waals surface area contributed by atoms with E-state index < -0.39 is 17.3 Å². The number of amides is 1. The van der Waals surface area contributed by atoms with Crippen LogP contribution in [0.3, 0.4) is 0 Å². The predicted octanol–water partition coefficient (Wildman–Crippen LogP) is 4.85. The zero-order chi connectivity index (χ0) is 23.3. The van der Waals surface area contributed by atoms with Crippen molar-refractivity contribution >= 4 is 11.9 Å². The van der Waals surface area contributed by atoms with Crippen LogP contribution in [0, 0.1) is 11.3 Å². The third-order valence-electron chi connectivity index (χ3n) is 8.36. The van der Waals surface area contributed by atoms with Crippen LogP contribution < -0.4 is 10.9 Å². The average Bonchev–Trinajstić information content (AvgIpc) is 2.81. The number of rotatable bonds is 6. The number of nitrogens with zero attached hydrogens (tertiary/aromatic N) is 1. The summed E-state index contributed by atoms with van der Waals surface area (Å²) in [6, 6.07) is 1.82. The molecule has 1 heterocycles. The molecular weight excluding hydrogens is 416 g/mol. The highest BCUT2D eigenvalue weighted by atomic mass is 16.4. The number of carboxylic acid groups (broad SMARTS) is 1. The second kappa shape index (κ2) is 10.9. The Morgan fingerprint density at radius 3 is 2.27 bits per heavy atom. The van der Waals surface area contributed by atoms with Crippen molar-refractivity contribution < 1.29 is 14.7 Å². The van der Waals surface area contributed by atoms with Crippen LogP contribution in [0.15, 0.2) is 10.9 Å². The van der Waals surface area contributed by atoms with Gasteiger partial charge in [-0.1, -0.05) is 51.4 Å². The molecule has 1 amide bonds. The molecule has 0 saturated heterocycles. The number of aromatic nitrogens is 1. The SMILES string of the molecule is O=C(NCC1(C(=O)O)CCCCC1)c1cc2c(n(CC3CCCCC3)c1=O)CCCCCC2. The number of pyridine rings is 1. The molecule has 2 saturated carbocycles. The fourth-order valence-corrected chi connectivity index (χ4v) is 6.26. The number of fused-ring (bicyclic) bond motifs is 1. The largest absolute Gasteiger partial charge is 0.481 e. The molecule has 0 spiro atoms. The fraction of sp³-hybridized carbons (Fsp3) is 0.741. The minimum absolute atomic E-state index is 0.0975.